The van der Waals surface area contributed by atoms with E-state index in [2.05, 4.69) is 55.4 Å². The molecule has 35 heavy (non-hydrogen) atoms. The molecule has 0 radical (unpaired) electrons. The molecule has 0 aliphatic carbocycles. The Balaban J connectivity index is 0.000000271. The second kappa shape index (κ2) is 9.90. The Morgan fingerprint density at radius 3 is 1.03 bits per heavy atom. The molecule has 3 heterocycles. The Bertz CT molecular complexity index is 933. The molecule has 2 aliphatic heterocycles. The number of carbonyl (C=O) groups excluding carboxylic acids is 2. The number of imidazole rings is 1. The third-order valence-electron chi connectivity index (χ3n) is 9.94. The summed E-state index contributed by atoms with van der Waals surface area (Å²) in [5.74, 6) is 0. The third kappa shape index (κ3) is 4.83. The van der Waals surface area contributed by atoms with Crippen LogP contribution in [0.25, 0.3) is 0 Å². The lowest BCUT2D eigenvalue weighted by atomic mass is 9.60. The van der Waals surface area contributed by atoms with Gasteiger partial charge in [-0.25, -0.2) is 14.4 Å². The maximum Gasteiger partial charge on any atom is 0.328 e. The van der Waals surface area contributed by atoms with Crippen LogP contribution in [0.15, 0.2) is 4.79 Å². The maximum atomic E-state index is 12.1. The number of urea groups is 2. The molecule has 0 spiro atoms. The van der Waals surface area contributed by atoms with Gasteiger partial charge in [-0.3, -0.25) is 9.13 Å². The second-order valence-corrected chi connectivity index (χ2v) is 11.7. The topological polar surface area (TPSA) is 74.0 Å². The van der Waals surface area contributed by atoms with Gasteiger partial charge in [0, 0.05) is 70.2 Å². The fourth-order valence-corrected chi connectivity index (χ4v) is 4.53. The van der Waals surface area contributed by atoms with Crippen molar-refractivity contribution in [1.29, 1.82) is 0 Å². The zero-order valence-electron chi connectivity index (χ0n) is 25.1. The van der Waals surface area contributed by atoms with Gasteiger partial charge in [0.1, 0.15) is 0 Å². The molecule has 2 atom stereocenters. The highest BCUT2D eigenvalue weighted by Gasteiger charge is 2.58. The molecule has 3 rings (SSSR count). The van der Waals surface area contributed by atoms with E-state index in [4.69, 9.17) is 0 Å². The smallest absolute Gasteiger partial charge is 0.323 e. The molecule has 2 aliphatic rings. The second-order valence-electron chi connectivity index (χ2n) is 11.7. The van der Waals surface area contributed by atoms with Crippen molar-refractivity contribution in [3.05, 3.63) is 21.9 Å². The van der Waals surface area contributed by atoms with Gasteiger partial charge in [0.25, 0.3) is 0 Å². The van der Waals surface area contributed by atoms with Gasteiger partial charge in [0.05, 0.1) is 12.1 Å². The SMILES string of the molecule is CC1C(C)N(C)C(=O)N1C.CN1C(=O)N(C)C(C)(C)C(C)(C)C1(C)C.Cc1c(C)n(C)c(=O)n1C. The Hall–Kier alpha value is -2.45. The van der Waals surface area contributed by atoms with Crippen LogP contribution in [-0.2, 0) is 14.1 Å². The van der Waals surface area contributed by atoms with Crippen LogP contribution in [0.1, 0.15) is 66.8 Å². The Kier molecular flexibility index (Phi) is 8.65. The maximum absolute atomic E-state index is 12.1. The first kappa shape index (κ1) is 30.6. The van der Waals surface area contributed by atoms with Gasteiger partial charge in [0.2, 0.25) is 0 Å². The van der Waals surface area contributed by atoms with Crippen molar-refractivity contribution < 1.29 is 9.59 Å². The van der Waals surface area contributed by atoms with Crippen molar-refractivity contribution in [2.24, 2.45) is 19.5 Å². The monoisotopic (exact) mass is 494 g/mol. The van der Waals surface area contributed by atoms with Gasteiger partial charge in [-0.2, -0.15) is 0 Å². The van der Waals surface area contributed by atoms with Crippen molar-refractivity contribution in [1.82, 2.24) is 28.7 Å². The quantitative estimate of drug-likeness (QED) is 0.552. The number of amides is 4. The number of rotatable bonds is 0. The molecule has 0 saturated carbocycles. The van der Waals surface area contributed by atoms with Gasteiger partial charge < -0.3 is 19.6 Å². The van der Waals surface area contributed by atoms with Gasteiger partial charge in [-0.05, 0) is 55.4 Å². The minimum absolute atomic E-state index is 0.0252. The number of aromatic nitrogens is 2. The van der Waals surface area contributed by atoms with E-state index in [1.807, 2.05) is 51.8 Å². The Morgan fingerprint density at radius 1 is 0.571 bits per heavy atom. The first-order valence-electron chi connectivity index (χ1n) is 12.3. The average Bonchev–Trinajstić information content (AvgIpc) is 3.07. The van der Waals surface area contributed by atoms with Gasteiger partial charge in [-0.15, -0.1) is 0 Å². The van der Waals surface area contributed by atoms with Gasteiger partial charge in [-0.1, -0.05) is 13.8 Å². The van der Waals surface area contributed by atoms with Crippen molar-refractivity contribution in [3.8, 4) is 0 Å². The van der Waals surface area contributed by atoms with E-state index in [1.165, 1.54) is 0 Å². The van der Waals surface area contributed by atoms with Crippen molar-refractivity contribution >= 4 is 12.1 Å². The molecular weight excluding hydrogens is 444 g/mol. The summed E-state index contributed by atoms with van der Waals surface area (Å²) in [4.78, 5) is 41.6. The third-order valence-corrected chi connectivity index (χ3v) is 9.94. The summed E-state index contributed by atoms with van der Waals surface area (Å²) in [6, 6.07) is 0.916. The zero-order valence-corrected chi connectivity index (χ0v) is 25.1. The summed E-state index contributed by atoms with van der Waals surface area (Å²) in [6.07, 6.45) is 0. The molecule has 202 valence electrons. The van der Waals surface area contributed by atoms with Crippen LogP contribution >= 0.6 is 0 Å². The van der Waals surface area contributed by atoms with Crippen LogP contribution in [0, 0.1) is 19.3 Å². The number of likely N-dealkylation sites (N-methyl/N-ethyl adjacent to an activating group) is 2. The standard InChI is InChI=1S/C12H24N2O.C7H14N2O.C7H12N2O/c1-10(2)11(3,4)13(7)9(15)14(8)12(10,5)6;2*1-5-6(2)9(4)7(10)8(5)3/h1-8H3;5-6H,1-4H3;1-4H3. The molecule has 0 aromatic carbocycles. The van der Waals surface area contributed by atoms with Crippen LogP contribution in [0.5, 0.6) is 0 Å². The molecular formula is C26H50N6O3. The summed E-state index contributed by atoms with van der Waals surface area (Å²) in [5.41, 5.74) is 1.87. The van der Waals surface area contributed by atoms with E-state index in [0.29, 0.717) is 12.1 Å². The molecule has 2 unspecified atom stereocenters. The Morgan fingerprint density at radius 2 is 0.857 bits per heavy atom. The predicted molar refractivity (Wildman–Crippen MR) is 143 cm³/mol. The number of hydrogen-bond donors (Lipinski definition) is 0. The lowest BCUT2D eigenvalue weighted by Crippen LogP contribution is -2.74. The van der Waals surface area contributed by atoms with Crippen LogP contribution in [-0.4, -0.2) is 92.1 Å². The number of carbonyl (C=O) groups is 2. The molecule has 2 saturated heterocycles. The summed E-state index contributed by atoms with van der Waals surface area (Å²) in [5, 5.41) is 0. The normalized spacial score (nSPS) is 24.7. The van der Waals surface area contributed by atoms with E-state index >= 15 is 0 Å². The fraction of sp³-hybridized carbons (Fsp3) is 0.808. The molecule has 1 aromatic rings. The zero-order chi connectivity index (χ0) is 28.0. The molecule has 4 amide bonds. The Labute approximate surface area is 212 Å². The van der Waals surface area contributed by atoms with E-state index in [9.17, 15) is 14.4 Å². The molecule has 9 heteroatoms. The summed E-state index contributed by atoms with van der Waals surface area (Å²) in [7, 11) is 11.0. The fourth-order valence-electron chi connectivity index (χ4n) is 4.53. The molecule has 1 aromatic heterocycles. The van der Waals surface area contributed by atoms with Crippen molar-refractivity contribution in [2.45, 2.75) is 92.4 Å². The van der Waals surface area contributed by atoms with Crippen LogP contribution < -0.4 is 5.69 Å². The van der Waals surface area contributed by atoms with E-state index in [0.717, 1.165) is 11.4 Å². The highest BCUT2D eigenvalue weighted by atomic mass is 16.2. The molecule has 0 bridgehead atoms. The highest BCUT2D eigenvalue weighted by Crippen LogP contribution is 2.49. The lowest BCUT2D eigenvalue weighted by Gasteiger charge is -2.63. The largest absolute Gasteiger partial charge is 0.328 e. The van der Waals surface area contributed by atoms with Crippen molar-refractivity contribution in [3.63, 3.8) is 0 Å². The van der Waals surface area contributed by atoms with Crippen LogP contribution in [0.2, 0.25) is 0 Å². The first-order valence-corrected chi connectivity index (χ1v) is 12.3. The minimum atomic E-state index is -0.139. The average molecular weight is 495 g/mol. The first-order chi connectivity index (χ1) is 15.6. The number of nitrogens with zero attached hydrogens (tertiary/aromatic N) is 6. The van der Waals surface area contributed by atoms with E-state index < -0.39 is 0 Å². The molecule has 0 N–H and O–H groups in total. The number of hydrogen-bond acceptors (Lipinski definition) is 3. The van der Waals surface area contributed by atoms with E-state index in [-0.39, 0.29) is 34.2 Å². The predicted octanol–water partition coefficient (Wildman–Crippen LogP) is 3.67. The van der Waals surface area contributed by atoms with Crippen LogP contribution in [0.3, 0.4) is 0 Å². The minimum Gasteiger partial charge on any atom is -0.323 e. The summed E-state index contributed by atoms with van der Waals surface area (Å²) >= 11 is 0. The summed E-state index contributed by atoms with van der Waals surface area (Å²) in [6.45, 7) is 21.0. The van der Waals surface area contributed by atoms with Crippen molar-refractivity contribution in [2.75, 3.05) is 28.2 Å². The van der Waals surface area contributed by atoms with Gasteiger partial charge in [0.15, 0.2) is 0 Å². The van der Waals surface area contributed by atoms with Gasteiger partial charge >= 0.3 is 17.8 Å². The molecule has 2 fully saturated rings. The molecule has 9 nitrogen and oxygen atoms in total. The highest BCUT2D eigenvalue weighted by molar-refractivity contribution is 5.77. The summed E-state index contributed by atoms with van der Waals surface area (Å²) < 4.78 is 3.30. The van der Waals surface area contributed by atoms with Crippen LogP contribution in [0.4, 0.5) is 9.59 Å². The van der Waals surface area contributed by atoms with E-state index in [1.54, 1.807) is 33.0 Å². The lowest BCUT2D eigenvalue weighted by molar-refractivity contribution is -0.0926.